The second-order valence-corrected chi connectivity index (χ2v) is 11.1. The number of nitrogens with one attached hydrogen (secondary N) is 2. The first-order chi connectivity index (χ1) is 17.3. The van der Waals surface area contributed by atoms with Gasteiger partial charge in [-0.3, -0.25) is 9.59 Å². The van der Waals surface area contributed by atoms with E-state index in [-0.39, 0.29) is 41.8 Å². The lowest BCUT2D eigenvalue weighted by Crippen LogP contribution is -2.41. The summed E-state index contributed by atoms with van der Waals surface area (Å²) in [5.74, 6) is -0.825. The van der Waals surface area contributed by atoms with Crippen LogP contribution in [0.1, 0.15) is 47.3 Å². The van der Waals surface area contributed by atoms with Crippen molar-refractivity contribution in [3.8, 4) is 0 Å². The van der Waals surface area contributed by atoms with Crippen LogP contribution in [0.15, 0.2) is 83.8 Å². The number of anilines is 1. The summed E-state index contributed by atoms with van der Waals surface area (Å²) < 4.78 is 27.4. The normalized spacial score (nSPS) is 15.7. The lowest BCUT2D eigenvalue weighted by Gasteiger charge is -2.30. The number of hydrogen-bond acceptors (Lipinski definition) is 4. The van der Waals surface area contributed by atoms with Crippen LogP contribution in [-0.4, -0.2) is 37.6 Å². The molecule has 8 heteroatoms. The Morgan fingerprint density at radius 3 is 2.17 bits per heavy atom. The largest absolute Gasteiger partial charge is 0.345 e. The molecule has 0 radical (unpaired) electrons. The van der Waals surface area contributed by atoms with Crippen molar-refractivity contribution in [2.75, 3.05) is 18.4 Å². The molecule has 1 atom stereocenters. The summed E-state index contributed by atoms with van der Waals surface area (Å²) in [5, 5.41) is 5.88. The van der Waals surface area contributed by atoms with Crippen LogP contribution in [0.2, 0.25) is 0 Å². The molecule has 0 spiro atoms. The lowest BCUT2D eigenvalue weighted by molar-refractivity contribution is -0.120. The first-order valence-corrected chi connectivity index (χ1v) is 13.5. The predicted octanol–water partition coefficient (Wildman–Crippen LogP) is 4.53. The number of piperidine rings is 1. The first kappa shape index (κ1) is 25.6. The molecular weight excluding hydrogens is 474 g/mol. The molecule has 1 fully saturated rings. The number of hydrogen-bond donors (Lipinski definition) is 2. The second kappa shape index (κ2) is 11.1. The van der Waals surface area contributed by atoms with E-state index in [1.165, 1.54) is 4.31 Å². The number of aryl methyl sites for hydroxylation is 1. The van der Waals surface area contributed by atoms with Crippen molar-refractivity contribution in [3.05, 3.63) is 95.6 Å². The molecule has 1 aliphatic heterocycles. The highest BCUT2D eigenvalue weighted by Gasteiger charge is 2.32. The van der Waals surface area contributed by atoms with Gasteiger partial charge in [-0.2, -0.15) is 4.31 Å². The van der Waals surface area contributed by atoms with E-state index in [4.69, 9.17) is 0 Å². The molecule has 1 aliphatic rings. The highest BCUT2D eigenvalue weighted by Crippen LogP contribution is 2.26. The predicted molar refractivity (Wildman–Crippen MR) is 140 cm³/mol. The number of rotatable bonds is 7. The van der Waals surface area contributed by atoms with Crippen LogP contribution in [0.4, 0.5) is 5.69 Å². The van der Waals surface area contributed by atoms with E-state index in [1.807, 2.05) is 44.2 Å². The number of carbonyl (C=O) groups excluding carboxylic acids is 2. The highest BCUT2D eigenvalue weighted by atomic mass is 32.2. The van der Waals surface area contributed by atoms with Crippen molar-refractivity contribution in [2.24, 2.45) is 5.92 Å². The molecule has 1 heterocycles. The second-order valence-electron chi connectivity index (χ2n) is 9.13. The third kappa shape index (κ3) is 5.83. The van der Waals surface area contributed by atoms with Gasteiger partial charge in [0, 0.05) is 19.0 Å². The van der Waals surface area contributed by atoms with Gasteiger partial charge in [-0.05, 0) is 56.5 Å². The summed E-state index contributed by atoms with van der Waals surface area (Å²) in [6.45, 7) is 4.36. The fourth-order valence-corrected chi connectivity index (χ4v) is 5.81. The van der Waals surface area contributed by atoms with Gasteiger partial charge in [0.2, 0.25) is 15.9 Å². The molecule has 0 aliphatic carbocycles. The Morgan fingerprint density at radius 2 is 1.50 bits per heavy atom. The average Bonchev–Trinajstić information content (AvgIpc) is 2.89. The molecule has 4 rings (SSSR count). The molecule has 36 heavy (non-hydrogen) atoms. The van der Waals surface area contributed by atoms with E-state index in [0.717, 1.165) is 11.1 Å². The smallest absolute Gasteiger partial charge is 0.253 e. The van der Waals surface area contributed by atoms with Gasteiger partial charge in [0.25, 0.3) is 5.91 Å². The van der Waals surface area contributed by atoms with Crippen molar-refractivity contribution in [1.82, 2.24) is 9.62 Å². The molecule has 0 bridgehead atoms. The minimum absolute atomic E-state index is 0.192. The fraction of sp³-hybridized carbons (Fsp3) is 0.286. The van der Waals surface area contributed by atoms with Crippen LogP contribution in [0, 0.1) is 12.8 Å². The van der Waals surface area contributed by atoms with E-state index in [0.29, 0.717) is 24.1 Å². The maximum absolute atomic E-state index is 13.0. The topological polar surface area (TPSA) is 95.6 Å². The molecule has 2 N–H and O–H groups in total. The molecule has 7 nitrogen and oxygen atoms in total. The van der Waals surface area contributed by atoms with Crippen molar-refractivity contribution in [3.63, 3.8) is 0 Å². The molecule has 188 valence electrons. The van der Waals surface area contributed by atoms with Gasteiger partial charge in [0.05, 0.1) is 22.2 Å². The zero-order chi connectivity index (χ0) is 25.7. The van der Waals surface area contributed by atoms with Gasteiger partial charge in [-0.15, -0.1) is 0 Å². The van der Waals surface area contributed by atoms with Crippen LogP contribution < -0.4 is 10.6 Å². The van der Waals surface area contributed by atoms with Crippen LogP contribution >= 0.6 is 0 Å². The Hall–Kier alpha value is -3.49. The summed E-state index contributed by atoms with van der Waals surface area (Å²) in [7, 11) is -3.59. The van der Waals surface area contributed by atoms with E-state index >= 15 is 0 Å². The maximum atomic E-state index is 13.0. The van der Waals surface area contributed by atoms with Gasteiger partial charge < -0.3 is 10.6 Å². The number of amides is 2. The van der Waals surface area contributed by atoms with E-state index in [2.05, 4.69) is 10.6 Å². The molecule has 0 unspecified atom stereocenters. The summed E-state index contributed by atoms with van der Waals surface area (Å²) in [4.78, 5) is 26.3. The summed E-state index contributed by atoms with van der Waals surface area (Å²) in [6.07, 6.45) is 0.826. The maximum Gasteiger partial charge on any atom is 0.253 e. The Labute approximate surface area is 212 Å². The average molecular weight is 506 g/mol. The molecule has 0 saturated carbocycles. The van der Waals surface area contributed by atoms with Gasteiger partial charge in [-0.1, -0.05) is 60.2 Å². The quantitative estimate of drug-likeness (QED) is 0.493. The Kier molecular flexibility index (Phi) is 7.86. The minimum atomic E-state index is -3.59. The number of nitrogens with zero attached hydrogens (tertiary/aromatic N) is 1. The Balaban J connectivity index is 1.38. The number of sulfonamides is 1. The van der Waals surface area contributed by atoms with Gasteiger partial charge in [0.1, 0.15) is 0 Å². The molecule has 2 amide bonds. The number of para-hydroxylation sites is 1. The number of carbonyl (C=O) groups is 2. The van der Waals surface area contributed by atoms with Crippen molar-refractivity contribution in [1.29, 1.82) is 0 Å². The van der Waals surface area contributed by atoms with Crippen LogP contribution in [0.5, 0.6) is 0 Å². The monoisotopic (exact) mass is 505 g/mol. The van der Waals surface area contributed by atoms with E-state index in [1.54, 1.807) is 48.5 Å². The van der Waals surface area contributed by atoms with Crippen molar-refractivity contribution in [2.45, 2.75) is 37.6 Å². The zero-order valence-electron chi connectivity index (χ0n) is 20.5. The van der Waals surface area contributed by atoms with Crippen LogP contribution in [0.25, 0.3) is 0 Å². The molecule has 0 aromatic heterocycles. The van der Waals surface area contributed by atoms with E-state index in [9.17, 15) is 18.0 Å². The van der Waals surface area contributed by atoms with Crippen LogP contribution in [-0.2, 0) is 14.8 Å². The summed E-state index contributed by atoms with van der Waals surface area (Å²) in [5.41, 5.74) is 2.80. The Bertz CT molecular complexity index is 1320. The minimum Gasteiger partial charge on any atom is -0.345 e. The summed E-state index contributed by atoms with van der Waals surface area (Å²) in [6, 6.07) is 23.2. The molecule has 3 aromatic carbocycles. The standard InChI is InChI=1S/C28H31N3O4S/c1-20-12-14-24(15-13-20)36(34,35)31-18-16-23(17-19-31)27(32)30-26-11-7-6-10-25(26)28(33)29-21(2)22-8-4-3-5-9-22/h3-15,21,23H,16-19H2,1-2H3,(H,29,33)(H,30,32)/t21-/m0/s1. The fourth-order valence-electron chi connectivity index (χ4n) is 4.34. The third-order valence-electron chi connectivity index (χ3n) is 6.56. The molecule has 1 saturated heterocycles. The Morgan fingerprint density at radius 1 is 0.889 bits per heavy atom. The van der Waals surface area contributed by atoms with E-state index < -0.39 is 10.0 Å². The zero-order valence-corrected chi connectivity index (χ0v) is 21.3. The highest BCUT2D eigenvalue weighted by molar-refractivity contribution is 7.89. The summed E-state index contributed by atoms with van der Waals surface area (Å²) >= 11 is 0. The molecule has 3 aromatic rings. The van der Waals surface area contributed by atoms with Gasteiger partial charge in [0.15, 0.2) is 0 Å². The van der Waals surface area contributed by atoms with Gasteiger partial charge >= 0.3 is 0 Å². The van der Waals surface area contributed by atoms with Gasteiger partial charge in [-0.25, -0.2) is 8.42 Å². The first-order valence-electron chi connectivity index (χ1n) is 12.1. The third-order valence-corrected chi connectivity index (χ3v) is 8.47. The lowest BCUT2D eigenvalue weighted by atomic mass is 9.97. The van der Waals surface area contributed by atoms with Crippen molar-refractivity contribution < 1.29 is 18.0 Å². The van der Waals surface area contributed by atoms with Crippen molar-refractivity contribution >= 4 is 27.5 Å². The van der Waals surface area contributed by atoms with Crippen LogP contribution in [0.3, 0.4) is 0 Å². The number of benzene rings is 3. The molecular formula is C28H31N3O4S. The SMILES string of the molecule is Cc1ccc(S(=O)(=O)N2CCC(C(=O)Nc3ccccc3C(=O)N[C@@H](C)c3ccccc3)CC2)cc1.